The summed E-state index contributed by atoms with van der Waals surface area (Å²) in [5, 5.41) is 8.82. The number of pyridine rings is 1. The van der Waals surface area contributed by atoms with E-state index in [4.69, 9.17) is 10.8 Å². The number of aromatic nitrogens is 1. The number of carbonyl (C=O) groups is 1. The highest BCUT2D eigenvalue weighted by atomic mass is 16.4. The summed E-state index contributed by atoms with van der Waals surface area (Å²) in [6.07, 6.45) is 3.46. The van der Waals surface area contributed by atoms with Crippen LogP contribution in [0.2, 0.25) is 0 Å². The van der Waals surface area contributed by atoms with Gasteiger partial charge in [-0.1, -0.05) is 13.3 Å². The second kappa shape index (κ2) is 5.52. The maximum Gasteiger partial charge on any atom is 0.337 e. The molecular weight excluding hydrogens is 218 g/mol. The Hall–Kier alpha value is -1.78. The lowest BCUT2D eigenvalue weighted by molar-refractivity contribution is 0.0696. The zero-order chi connectivity index (χ0) is 13.0. The van der Waals surface area contributed by atoms with Crippen molar-refractivity contribution in [2.45, 2.75) is 32.7 Å². The van der Waals surface area contributed by atoms with Crippen LogP contribution in [0.3, 0.4) is 0 Å². The molecule has 1 heterocycles. The van der Waals surface area contributed by atoms with Crippen LogP contribution in [0, 0.1) is 0 Å². The van der Waals surface area contributed by atoms with Crippen molar-refractivity contribution in [2.75, 3.05) is 17.7 Å². The topological polar surface area (TPSA) is 79.5 Å². The quantitative estimate of drug-likeness (QED) is 0.818. The van der Waals surface area contributed by atoms with Gasteiger partial charge in [0, 0.05) is 19.3 Å². The smallest absolute Gasteiger partial charge is 0.337 e. The second-order valence-electron chi connectivity index (χ2n) is 4.19. The van der Waals surface area contributed by atoms with Gasteiger partial charge in [-0.05, 0) is 19.4 Å². The fourth-order valence-electron chi connectivity index (χ4n) is 1.71. The molecule has 0 aromatic carbocycles. The van der Waals surface area contributed by atoms with Gasteiger partial charge in [0.2, 0.25) is 0 Å². The molecule has 0 fully saturated rings. The molecule has 0 amide bonds. The molecule has 5 heteroatoms. The van der Waals surface area contributed by atoms with Crippen LogP contribution in [-0.2, 0) is 0 Å². The van der Waals surface area contributed by atoms with Crippen LogP contribution in [0.5, 0.6) is 0 Å². The number of hydrogen-bond donors (Lipinski definition) is 2. The fourth-order valence-corrected chi connectivity index (χ4v) is 1.71. The van der Waals surface area contributed by atoms with Gasteiger partial charge in [0.05, 0.1) is 11.3 Å². The second-order valence-corrected chi connectivity index (χ2v) is 4.19. The number of nitrogens with two attached hydrogens (primary N) is 1. The van der Waals surface area contributed by atoms with Crippen molar-refractivity contribution < 1.29 is 9.90 Å². The van der Waals surface area contributed by atoms with Crippen molar-refractivity contribution in [2.24, 2.45) is 0 Å². The predicted molar refractivity (Wildman–Crippen MR) is 68.4 cm³/mol. The van der Waals surface area contributed by atoms with E-state index in [0.717, 1.165) is 12.8 Å². The minimum atomic E-state index is -1.01. The van der Waals surface area contributed by atoms with E-state index >= 15 is 0 Å². The zero-order valence-electron chi connectivity index (χ0n) is 10.5. The molecule has 1 aromatic heterocycles. The molecule has 0 aliphatic rings. The molecule has 94 valence electrons. The minimum absolute atomic E-state index is 0.114. The molecule has 17 heavy (non-hydrogen) atoms. The Balaban J connectivity index is 2.95. The summed E-state index contributed by atoms with van der Waals surface area (Å²) < 4.78 is 0. The summed E-state index contributed by atoms with van der Waals surface area (Å²) in [7, 11) is 1.92. The highest BCUT2D eigenvalue weighted by molar-refractivity contribution is 5.89. The standard InChI is InChI=1S/C12H19N3O2/c1-4-5-8(2)15(3)11-10(13)6-9(7-14-11)12(16)17/h6-8H,4-5,13H2,1-3H3,(H,16,17). The first-order valence-electron chi connectivity index (χ1n) is 5.69. The number of nitrogen functional groups attached to an aromatic ring is 1. The summed E-state index contributed by atoms with van der Waals surface area (Å²) >= 11 is 0. The van der Waals surface area contributed by atoms with Gasteiger partial charge in [0.1, 0.15) is 0 Å². The van der Waals surface area contributed by atoms with Crippen molar-refractivity contribution in [3.63, 3.8) is 0 Å². The summed E-state index contributed by atoms with van der Waals surface area (Å²) in [6.45, 7) is 4.21. The van der Waals surface area contributed by atoms with E-state index in [-0.39, 0.29) is 5.56 Å². The highest BCUT2D eigenvalue weighted by Crippen LogP contribution is 2.23. The SMILES string of the molecule is CCCC(C)N(C)c1ncc(C(=O)O)cc1N. The molecule has 1 unspecified atom stereocenters. The van der Waals surface area contributed by atoms with Crippen LogP contribution < -0.4 is 10.6 Å². The van der Waals surface area contributed by atoms with E-state index in [1.54, 1.807) is 0 Å². The maximum atomic E-state index is 10.8. The first kappa shape index (κ1) is 13.3. The maximum absolute atomic E-state index is 10.8. The summed E-state index contributed by atoms with van der Waals surface area (Å²) in [5.74, 6) is -0.379. The third kappa shape index (κ3) is 3.09. The summed E-state index contributed by atoms with van der Waals surface area (Å²) in [4.78, 5) is 16.9. The molecule has 0 saturated carbocycles. The van der Waals surface area contributed by atoms with Crippen molar-refractivity contribution in [1.29, 1.82) is 0 Å². The van der Waals surface area contributed by atoms with Crippen molar-refractivity contribution >= 4 is 17.5 Å². The van der Waals surface area contributed by atoms with Crippen LogP contribution in [0.25, 0.3) is 0 Å². The van der Waals surface area contributed by atoms with Gasteiger partial charge in [0.15, 0.2) is 5.82 Å². The molecule has 0 saturated heterocycles. The van der Waals surface area contributed by atoms with Gasteiger partial charge in [-0.3, -0.25) is 0 Å². The predicted octanol–water partition coefficient (Wildman–Crippen LogP) is 1.99. The molecule has 5 nitrogen and oxygen atoms in total. The lowest BCUT2D eigenvalue weighted by Gasteiger charge is -2.26. The molecular formula is C12H19N3O2. The average molecular weight is 237 g/mol. The largest absolute Gasteiger partial charge is 0.478 e. The van der Waals surface area contributed by atoms with Gasteiger partial charge in [-0.15, -0.1) is 0 Å². The molecule has 1 aromatic rings. The van der Waals surface area contributed by atoms with Crippen LogP contribution in [-0.4, -0.2) is 29.1 Å². The number of hydrogen-bond acceptors (Lipinski definition) is 4. The van der Waals surface area contributed by atoms with E-state index in [2.05, 4.69) is 18.8 Å². The Morgan fingerprint density at radius 1 is 1.65 bits per heavy atom. The zero-order valence-corrected chi connectivity index (χ0v) is 10.5. The Labute approximate surface area is 101 Å². The van der Waals surface area contributed by atoms with Crippen LogP contribution >= 0.6 is 0 Å². The van der Waals surface area contributed by atoms with Crippen LogP contribution in [0.15, 0.2) is 12.3 Å². The number of nitrogens with zero attached hydrogens (tertiary/aromatic N) is 2. The average Bonchev–Trinajstić information content (AvgIpc) is 2.28. The van der Waals surface area contributed by atoms with Gasteiger partial charge < -0.3 is 15.7 Å². The number of anilines is 2. The van der Waals surface area contributed by atoms with Gasteiger partial charge in [-0.2, -0.15) is 0 Å². The molecule has 1 rings (SSSR count). The minimum Gasteiger partial charge on any atom is -0.478 e. The summed E-state index contributed by atoms with van der Waals surface area (Å²) in [6, 6.07) is 1.77. The monoisotopic (exact) mass is 237 g/mol. The lowest BCUT2D eigenvalue weighted by Crippen LogP contribution is -2.30. The van der Waals surface area contributed by atoms with Crippen LogP contribution in [0.1, 0.15) is 37.0 Å². The third-order valence-corrected chi connectivity index (χ3v) is 2.84. The van der Waals surface area contributed by atoms with Crippen molar-refractivity contribution in [3.05, 3.63) is 17.8 Å². The first-order valence-corrected chi connectivity index (χ1v) is 5.69. The molecule has 3 N–H and O–H groups in total. The van der Waals surface area contributed by atoms with E-state index < -0.39 is 5.97 Å². The Bertz CT molecular complexity index is 407. The highest BCUT2D eigenvalue weighted by Gasteiger charge is 2.15. The molecule has 0 spiro atoms. The molecule has 1 atom stereocenters. The number of carboxylic acid groups (broad SMARTS) is 1. The third-order valence-electron chi connectivity index (χ3n) is 2.84. The fraction of sp³-hybridized carbons (Fsp3) is 0.500. The molecule has 0 bridgehead atoms. The number of aromatic carboxylic acids is 1. The molecule has 0 radical (unpaired) electrons. The van der Waals surface area contributed by atoms with Crippen molar-refractivity contribution in [3.8, 4) is 0 Å². The molecule has 0 aliphatic carbocycles. The summed E-state index contributed by atoms with van der Waals surface area (Å²) in [5.41, 5.74) is 6.34. The Kier molecular flexibility index (Phi) is 4.31. The van der Waals surface area contributed by atoms with E-state index in [0.29, 0.717) is 17.5 Å². The van der Waals surface area contributed by atoms with Gasteiger partial charge in [-0.25, -0.2) is 9.78 Å². The first-order chi connectivity index (χ1) is 7.97. The Morgan fingerprint density at radius 3 is 2.76 bits per heavy atom. The number of rotatable bonds is 5. The Morgan fingerprint density at radius 2 is 2.29 bits per heavy atom. The van der Waals surface area contributed by atoms with E-state index in [9.17, 15) is 4.79 Å². The van der Waals surface area contributed by atoms with E-state index in [1.807, 2.05) is 11.9 Å². The van der Waals surface area contributed by atoms with E-state index in [1.165, 1.54) is 12.3 Å². The number of carboxylic acids is 1. The normalized spacial score (nSPS) is 12.2. The van der Waals surface area contributed by atoms with Crippen LogP contribution in [0.4, 0.5) is 11.5 Å². The van der Waals surface area contributed by atoms with Gasteiger partial charge in [0.25, 0.3) is 0 Å². The van der Waals surface area contributed by atoms with Crippen molar-refractivity contribution in [1.82, 2.24) is 4.98 Å². The molecule has 0 aliphatic heterocycles. The lowest BCUT2D eigenvalue weighted by atomic mass is 10.1. The van der Waals surface area contributed by atoms with Gasteiger partial charge >= 0.3 is 5.97 Å².